The van der Waals surface area contributed by atoms with Crippen LogP contribution in [0.25, 0.3) is 6.08 Å². The number of hydrogen-bond acceptors (Lipinski definition) is 3. The maximum atomic E-state index is 12.2. The first-order valence-corrected chi connectivity index (χ1v) is 9.13. The first kappa shape index (κ1) is 15.7. The molecular formula is C20H25NO3. The summed E-state index contributed by atoms with van der Waals surface area (Å²) in [6.45, 7) is 1.36. The van der Waals surface area contributed by atoms with E-state index in [1.54, 1.807) is 0 Å². The molecule has 2 fully saturated rings. The van der Waals surface area contributed by atoms with Gasteiger partial charge in [0.05, 0.1) is 6.54 Å². The second kappa shape index (κ2) is 6.98. The standard InChI is InChI=1S/C20H25NO3/c22-20-14-23-17(12-21(20)16-8-2-1-3-9-16)13-24-19-11-5-7-15-6-4-10-18(15)19/h4-7,11,16-17H,1-3,8-10,12-14H2/t17-/m1/s1. The quantitative estimate of drug-likeness (QED) is 0.852. The third kappa shape index (κ3) is 3.20. The first-order valence-electron chi connectivity index (χ1n) is 9.13. The predicted molar refractivity (Wildman–Crippen MR) is 93.0 cm³/mol. The second-order valence-electron chi connectivity index (χ2n) is 7.01. The SMILES string of the molecule is O=C1CO[C@@H](COc2cccc3c2CC=C3)CN1C1CCCCC1. The van der Waals surface area contributed by atoms with Gasteiger partial charge in [-0.2, -0.15) is 0 Å². The fourth-order valence-corrected chi connectivity index (χ4v) is 4.07. The zero-order valence-electron chi connectivity index (χ0n) is 14.1. The van der Waals surface area contributed by atoms with E-state index >= 15 is 0 Å². The largest absolute Gasteiger partial charge is 0.490 e. The van der Waals surface area contributed by atoms with Gasteiger partial charge >= 0.3 is 0 Å². The van der Waals surface area contributed by atoms with Crippen LogP contribution in [0.5, 0.6) is 5.75 Å². The summed E-state index contributed by atoms with van der Waals surface area (Å²) >= 11 is 0. The lowest BCUT2D eigenvalue weighted by molar-refractivity contribution is -0.155. The molecule has 3 aliphatic rings. The smallest absolute Gasteiger partial charge is 0.248 e. The van der Waals surface area contributed by atoms with Gasteiger partial charge in [0.15, 0.2) is 0 Å². The Bertz CT molecular complexity index is 634. The summed E-state index contributed by atoms with van der Waals surface area (Å²) in [6, 6.07) is 6.58. The number of amides is 1. The number of morpholine rings is 1. The number of allylic oxidation sites excluding steroid dienone is 1. The van der Waals surface area contributed by atoms with E-state index in [1.165, 1.54) is 30.4 Å². The molecule has 1 atom stereocenters. The summed E-state index contributed by atoms with van der Waals surface area (Å²) in [4.78, 5) is 14.3. The zero-order valence-corrected chi connectivity index (χ0v) is 14.1. The molecule has 1 saturated carbocycles. The van der Waals surface area contributed by atoms with Crippen molar-refractivity contribution in [1.82, 2.24) is 4.90 Å². The van der Waals surface area contributed by atoms with Crippen LogP contribution in [-0.4, -0.2) is 42.7 Å². The highest BCUT2D eigenvalue weighted by atomic mass is 16.5. The number of ether oxygens (including phenoxy) is 2. The topological polar surface area (TPSA) is 38.8 Å². The van der Waals surface area contributed by atoms with Crippen molar-refractivity contribution in [2.24, 2.45) is 0 Å². The number of nitrogens with zero attached hydrogens (tertiary/aromatic N) is 1. The van der Waals surface area contributed by atoms with E-state index in [9.17, 15) is 4.79 Å². The number of fused-ring (bicyclic) bond motifs is 1. The minimum absolute atomic E-state index is 0.0326. The van der Waals surface area contributed by atoms with Crippen molar-refractivity contribution >= 4 is 12.0 Å². The first-order chi connectivity index (χ1) is 11.8. The summed E-state index contributed by atoms with van der Waals surface area (Å²) in [7, 11) is 0. The second-order valence-corrected chi connectivity index (χ2v) is 7.01. The molecule has 4 heteroatoms. The molecule has 0 radical (unpaired) electrons. The van der Waals surface area contributed by atoms with Gasteiger partial charge in [-0.1, -0.05) is 43.5 Å². The molecule has 0 bridgehead atoms. The average Bonchev–Trinajstić information content (AvgIpc) is 3.11. The summed E-state index contributed by atoms with van der Waals surface area (Å²) in [5.41, 5.74) is 2.50. The monoisotopic (exact) mass is 327 g/mol. The van der Waals surface area contributed by atoms with Crippen LogP contribution in [0.3, 0.4) is 0 Å². The Balaban J connectivity index is 1.37. The van der Waals surface area contributed by atoms with Crippen molar-refractivity contribution in [3.8, 4) is 5.75 Å². The Labute approximate surface area is 143 Å². The van der Waals surface area contributed by atoms with E-state index in [0.717, 1.165) is 25.0 Å². The number of rotatable bonds is 4. The predicted octanol–water partition coefficient (Wildman–Crippen LogP) is 3.19. The summed E-state index contributed by atoms with van der Waals surface area (Å²) in [5, 5.41) is 0. The van der Waals surface area contributed by atoms with Gasteiger partial charge in [-0.15, -0.1) is 0 Å². The summed E-state index contributed by atoms with van der Waals surface area (Å²) in [6.07, 6.45) is 11.3. The van der Waals surface area contributed by atoms with E-state index in [0.29, 0.717) is 19.2 Å². The molecule has 4 nitrogen and oxygen atoms in total. The molecule has 0 spiro atoms. The van der Waals surface area contributed by atoms with E-state index in [-0.39, 0.29) is 18.6 Å². The Morgan fingerprint density at radius 1 is 1.21 bits per heavy atom. The van der Waals surface area contributed by atoms with Crippen molar-refractivity contribution in [2.75, 3.05) is 19.8 Å². The van der Waals surface area contributed by atoms with Crippen LogP contribution in [0, 0.1) is 0 Å². The molecule has 1 saturated heterocycles. The summed E-state index contributed by atoms with van der Waals surface area (Å²) in [5.74, 6) is 1.09. The lowest BCUT2D eigenvalue weighted by atomic mass is 9.93. The minimum atomic E-state index is -0.0326. The van der Waals surface area contributed by atoms with E-state index < -0.39 is 0 Å². The highest BCUT2D eigenvalue weighted by molar-refractivity contribution is 5.78. The fraction of sp³-hybridized carbons (Fsp3) is 0.550. The molecule has 1 heterocycles. The number of benzene rings is 1. The van der Waals surface area contributed by atoms with Gasteiger partial charge in [0.1, 0.15) is 25.1 Å². The van der Waals surface area contributed by atoms with E-state index in [2.05, 4.69) is 18.2 Å². The van der Waals surface area contributed by atoms with Crippen LogP contribution in [-0.2, 0) is 16.0 Å². The molecule has 24 heavy (non-hydrogen) atoms. The van der Waals surface area contributed by atoms with E-state index in [1.807, 2.05) is 17.0 Å². The van der Waals surface area contributed by atoms with Gasteiger partial charge < -0.3 is 14.4 Å². The Morgan fingerprint density at radius 3 is 2.96 bits per heavy atom. The van der Waals surface area contributed by atoms with Crippen molar-refractivity contribution in [2.45, 2.75) is 50.7 Å². The van der Waals surface area contributed by atoms with Gasteiger partial charge in [0.2, 0.25) is 5.91 Å². The van der Waals surface area contributed by atoms with E-state index in [4.69, 9.17) is 9.47 Å². The third-order valence-electron chi connectivity index (χ3n) is 5.39. The highest BCUT2D eigenvalue weighted by Crippen LogP contribution is 2.29. The van der Waals surface area contributed by atoms with Gasteiger partial charge in [-0.25, -0.2) is 0 Å². The molecule has 128 valence electrons. The number of carbonyl (C=O) groups is 1. The van der Waals surface area contributed by atoms with Crippen LogP contribution in [0.2, 0.25) is 0 Å². The minimum Gasteiger partial charge on any atom is -0.490 e. The van der Waals surface area contributed by atoms with Crippen LogP contribution in [0.15, 0.2) is 24.3 Å². The summed E-state index contributed by atoms with van der Waals surface area (Å²) < 4.78 is 11.8. The van der Waals surface area contributed by atoms with Gasteiger partial charge in [-0.05, 0) is 30.9 Å². The zero-order chi connectivity index (χ0) is 16.4. The maximum absolute atomic E-state index is 12.2. The van der Waals surface area contributed by atoms with Gasteiger partial charge in [0, 0.05) is 11.6 Å². The van der Waals surface area contributed by atoms with Crippen LogP contribution in [0.1, 0.15) is 43.2 Å². The molecule has 1 aromatic rings. The van der Waals surface area contributed by atoms with Crippen LogP contribution < -0.4 is 4.74 Å². The van der Waals surface area contributed by atoms with Crippen LogP contribution in [0.4, 0.5) is 0 Å². The van der Waals surface area contributed by atoms with Gasteiger partial charge in [0.25, 0.3) is 0 Å². The fourth-order valence-electron chi connectivity index (χ4n) is 4.07. The Kier molecular flexibility index (Phi) is 4.56. The molecule has 2 aliphatic carbocycles. The lowest BCUT2D eigenvalue weighted by Crippen LogP contribution is -2.53. The molecular weight excluding hydrogens is 302 g/mol. The Hall–Kier alpha value is -1.81. The molecule has 0 unspecified atom stereocenters. The van der Waals surface area contributed by atoms with Crippen molar-refractivity contribution < 1.29 is 14.3 Å². The maximum Gasteiger partial charge on any atom is 0.248 e. The molecule has 1 amide bonds. The van der Waals surface area contributed by atoms with Crippen LogP contribution >= 0.6 is 0 Å². The normalized spacial score (nSPS) is 24.2. The Morgan fingerprint density at radius 2 is 2.08 bits per heavy atom. The number of carbonyl (C=O) groups excluding carboxylic acids is 1. The molecule has 4 rings (SSSR count). The number of hydrogen-bond donors (Lipinski definition) is 0. The van der Waals surface area contributed by atoms with Gasteiger partial charge in [-0.3, -0.25) is 4.79 Å². The van der Waals surface area contributed by atoms with Crippen molar-refractivity contribution in [3.63, 3.8) is 0 Å². The highest BCUT2D eigenvalue weighted by Gasteiger charge is 2.32. The third-order valence-corrected chi connectivity index (χ3v) is 5.39. The molecule has 0 aromatic heterocycles. The lowest BCUT2D eigenvalue weighted by Gasteiger charge is -2.39. The van der Waals surface area contributed by atoms with Crippen molar-refractivity contribution in [3.05, 3.63) is 35.4 Å². The molecule has 0 N–H and O–H groups in total. The van der Waals surface area contributed by atoms with Crippen molar-refractivity contribution in [1.29, 1.82) is 0 Å². The average molecular weight is 327 g/mol. The molecule has 1 aromatic carbocycles. The molecule has 1 aliphatic heterocycles.